The number of fused-ring (bicyclic) bond motifs is 2. The number of aryl methyl sites for hydroxylation is 2. The number of rotatable bonds is 2. The molecule has 0 bridgehead atoms. The van der Waals surface area contributed by atoms with Crippen LogP contribution in [0.5, 0.6) is 0 Å². The number of nitrogens with zero attached hydrogens (tertiary/aromatic N) is 6. The van der Waals surface area contributed by atoms with Crippen LogP contribution in [-0.2, 0) is 0 Å². The Morgan fingerprint density at radius 3 is 2.62 bits per heavy atom. The molecule has 0 N–H and O–H groups in total. The van der Waals surface area contributed by atoms with Crippen LogP contribution < -0.4 is 5.56 Å². The lowest BCUT2D eigenvalue weighted by molar-refractivity contribution is 0.253. The molecular formula is C22H24N6O. The second kappa shape index (κ2) is 6.77. The maximum atomic E-state index is 12.9. The van der Waals surface area contributed by atoms with Gasteiger partial charge >= 0.3 is 0 Å². The number of piperidine rings is 1. The average Bonchev–Trinajstić information content (AvgIpc) is 3.09. The van der Waals surface area contributed by atoms with Crippen LogP contribution >= 0.6 is 0 Å². The normalized spacial score (nSPS) is 16.1. The van der Waals surface area contributed by atoms with Gasteiger partial charge in [0.2, 0.25) is 0 Å². The third-order valence-corrected chi connectivity index (χ3v) is 5.86. The molecule has 5 heterocycles. The van der Waals surface area contributed by atoms with E-state index < -0.39 is 0 Å². The molecular weight excluding hydrogens is 364 g/mol. The number of aromatic nitrogens is 5. The minimum atomic E-state index is -0.0823. The maximum absolute atomic E-state index is 12.9. The van der Waals surface area contributed by atoms with E-state index in [1.807, 2.05) is 42.9 Å². The summed E-state index contributed by atoms with van der Waals surface area (Å²) in [5.74, 6) is 0.400. The summed E-state index contributed by atoms with van der Waals surface area (Å²) in [5, 5.41) is 0. The average molecular weight is 388 g/mol. The lowest BCUT2D eigenvalue weighted by atomic mass is 9.94. The van der Waals surface area contributed by atoms with E-state index in [9.17, 15) is 4.79 Å². The van der Waals surface area contributed by atoms with Gasteiger partial charge in [-0.15, -0.1) is 0 Å². The molecule has 5 rings (SSSR count). The SMILES string of the molecule is Cc1cn2cc(-c3cc(=O)n4cc(C5CCN(C)CC5)ncc4n3)cc(C)c2n1. The summed E-state index contributed by atoms with van der Waals surface area (Å²) in [5.41, 5.74) is 5.95. The Labute approximate surface area is 168 Å². The molecule has 0 saturated carbocycles. The van der Waals surface area contributed by atoms with Gasteiger partial charge in [-0.1, -0.05) is 0 Å². The lowest BCUT2D eigenvalue weighted by Crippen LogP contribution is -2.30. The topological polar surface area (TPSA) is 67.8 Å². The molecule has 0 atom stereocenters. The molecule has 4 aromatic heterocycles. The Bertz CT molecular complexity index is 1280. The van der Waals surface area contributed by atoms with Gasteiger partial charge in [0, 0.05) is 36.1 Å². The standard InChI is InChI=1S/C22H24N6O/c1-14-8-17(12-27-11-15(2)24-22(14)27)18-9-21(29)28-13-19(23-10-20(28)25-18)16-4-6-26(3)7-5-16/h8-13,16H,4-7H2,1-3H3. The summed E-state index contributed by atoms with van der Waals surface area (Å²) in [6.07, 6.45) is 9.69. The molecule has 29 heavy (non-hydrogen) atoms. The van der Waals surface area contributed by atoms with E-state index in [0.717, 1.165) is 54.1 Å². The molecule has 7 heteroatoms. The fourth-order valence-electron chi connectivity index (χ4n) is 4.22. The van der Waals surface area contributed by atoms with Crippen LogP contribution in [0.15, 0.2) is 41.7 Å². The van der Waals surface area contributed by atoms with Crippen molar-refractivity contribution in [2.24, 2.45) is 0 Å². The number of imidazole rings is 1. The molecule has 0 aromatic carbocycles. The first-order valence-electron chi connectivity index (χ1n) is 10.0. The zero-order chi connectivity index (χ0) is 20.1. The van der Waals surface area contributed by atoms with Gasteiger partial charge in [0.05, 0.1) is 23.3 Å². The summed E-state index contributed by atoms with van der Waals surface area (Å²) in [6, 6.07) is 3.64. The van der Waals surface area contributed by atoms with Gasteiger partial charge in [-0.25, -0.2) is 9.97 Å². The van der Waals surface area contributed by atoms with Gasteiger partial charge in [-0.05, 0) is 58.5 Å². The summed E-state index contributed by atoms with van der Waals surface area (Å²) < 4.78 is 3.61. The van der Waals surface area contributed by atoms with Crippen molar-refractivity contribution in [2.75, 3.05) is 20.1 Å². The van der Waals surface area contributed by atoms with E-state index in [2.05, 4.69) is 21.9 Å². The van der Waals surface area contributed by atoms with Gasteiger partial charge < -0.3 is 9.30 Å². The molecule has 4 aromatic rings. The minimum absolute atomic E-state index is 0.0823. The van der Waals surface area contributed by atoms with E-state index in [1.54, 1.807) is 16.7 Å². The summed E-state index contributed by atoms with van der Waals surface area (Å²) >= 11 is 0. The maximum Gasteiger partial charge on any atom is 0.258 e. The van der Waals surface area contributed by atoms with Gasteiger partial charge in [-0.3, -0.25) is 14.2 Å². The quantitative estimate of drug-likeness (QED) is 0.528. The highest BCUT2D eigenvalue weighted by Crippen LogP contribution is 2.26. The first-order chi connectivity index (χ1) is 14.0. The van der Waals surface area contributed by atoms with E-state index in [0.29, 0.717) is 17.3 Å². The summed E-state index contributed by atoms with van der Waals surface area (Å²) in [6.45, 7) is 6.12. The van der Waals surface area contributed by atoms with Crippen molar-refractivity contribution in [1.29, 1.82) is 0 Å². The Balaban J connectivity index is 1.57. The van der Waals surface area contributed by atoms with Crippen molar-refractivity contribution in [1.82, 2.24) is 28.7 Å². The fourth-order valence-corrected chi connectivity index (χ4v) is 4.22. The van der Waals surface area contributed by atoms with Gasteiger partial charge in [0.25, 0.3) is 5.56 Å². The Morgan fingerprint density at radius 1 is 1.03 bits per heavy atom. The van der Waals surface area contributed by atoms with Crippen molar-refractivity contribution in [3.8, 4) is 11.3 Å². The van der Waals surface area contributed by atoms with Crippen LogP contribution in [0.4, 0.5) is 0 Å². The third kappa shape index (κ3) is 3.21. The van der Waals surface area contributed by atoms with Crippen molar-refractivity contribution in [2.45, 2.75) is 32.6 Å². The molecule has 1 fully saturated rings. The first-order valence-corrected chi connectivity index (χ1v) is 10.0. The molecule has 1 saturated heterocycles. The molecule has 1 aliphatic rings. The van der Waals surface area contributed by atoms with Gasteiger partial charge in [0.1, 0.15) is 5.65 Å². The second-order valence-electron chi connectivity index (χ2n) is 8.12. The third-order valence-electron chi connectivity index (χ3n) is 5.86. The highest BCUT2D eigenvalue weighted by Gasteiger charge is 2.20. The molecule has 0 amide bonds. The Kier molecular flexibility index (Phi) is 4.20. The second-order valence-corrected chi connectivity index (χ2v) is 8.12. The van der Waals surface area contributed by atoms with Crippen LogP contribution in [0, 0.1) is 13.8 Å². The number of hydrogen-bond donors (Lipinski definition) is 0. The zero-order valence-corrected chi connectivity index (χ0v) is 17.0. The largest absolute Gasteiger partial charge is 0.306 e. The first kappa shape index (κ1) is 18.0. The summed E-state index contributed by atoms with van der Waals surface area (Å²) in [7, 11) is 2.14. The Hall–Kier alpha value is -3.06. The smallest absolute Gasteiger partial charge is 0.258 e. The van der Waals surface area contributed by atoms with Crippen LogP contribution in [0.1, 0.15) is 35.7 Å². The molecule has 1 aliphatic heterocycles. The zero-order valence-electron chi connectivity index (χ0n) is 17.0. The molecule has 0 aliphatic carbocycles. The number of hydrogen-bond acceptors (Lipinski definition) is 5. The monoisotopic (exact) mass is 388 g/mol. The predicted octanol–water partition coefficient (Wildman–Crippen LogP) is 2.83. The van der Waals surface area contributed by atoms with E-state index in [1.165, 1.54) is 0 Å². The highest BCUT2D eigenvalue weighted by molar-refractivity contribution is 5.65. The number of pyridine rings is 1. The van der Waals surface area contributed by atoms with Crippen LogP contribution in [0.25, 0.3) is 22.6 Å². The summed E-state index contributed by atoms with van der Waals surface area (Å²) in [4.78, 5) is 29.1. The predicted molar refractivity (Wildman–Crippen MR) is 112 cm³/mol. The van der Waals surface area contributed by atoms with Crippen molar-refractivity contribution < 1.29 is 0 Å². The van der Waals surface area contributed by atoms with Gasteiger partial charge in [0.15, 0.2) is 5.65 Å². The van der Waals surface area contributed by atoms with Crippen LogP contribution in [0.3, 0.4) is 0 Å². The fraction of sp³-hybridized carbons (Fsp3) is 0.364. The van der Waals surface area contributed by atoms with E-state index in [-0.39, 0.29) is 5.56 Å². The Morgan fingerprint density at radius 2 is 1.83 bits per heavy atom. The van der Waals surface area contributed by atoms with E-state index >= 15 is 0 Å². The highest BCUT2D eigenvalue weighted by atomic mass is 16.1. The van der Waals surface area contributed by atoms with Crippen molar-refractivity contribution in [3.05, 3.63) is 64.2 Å². The van der Waals surface area contributed by atoms with Gasteiger partial charge in [-0.2, -0.15) is 0 Å². The molecule has 0 spiro atoms. The molecule has 0 unspecified atom stereocenters. The molecule has 7 nitrogen and oxygen atoms in total. The van der Waals surface area contributed by atoms with Crippen LogP contribution in [-0.4, -0.2) is 48.8 Å². The van der Waals surface area contributed by atoms with Crippen molar-refractivity contribution in [3.63, 3.8) is 0 Å². The van der Waals surface area contributed by atoms with Crippen molar-refractivity contribution >= 4 is 11.3 Å². The number of likely N-dealkylation sites (tertiary alicyclic amines) is 1. The molecule has 0 radical (unpaired) electrons. The minimum Gasteiger partial charge on any atom is -0.306 e. The van der Waals surface area contributed by atoms with Crippen LogP contribution in [0.2, 0.25) is 0 Å². The molecule has 148 valence electrons. The lowest BCUT2D eigenvalue weighted by Gasteiger charge is -2.28. The van der Waals surface area contributed by atoms with E-state index in [4.69, 9.17) is 4.98 Å².